The summed E-state index contributed by atoms with van der Waals surface area (Å²) >= 11 is 0. The van der Waals surface area contributed by atoms with Crippen molar-refractivity contribution >= 4 is 10.0 Å². The molecule has 1 aromatic carbocycles. The van der Waals surface area contributed by atoms with E-state index in [0.717, 1.165) is 11.1 Å². The zero-order valence-corrected chi connectivity index (χ0v) is 11.2. The van der Waals surface area contributed by atoms with Gasteiger partial charge in [-0.25, -0.2) is 13.1 Å². The quantitative estimate of drug-likeness (QED) is 0.837. The third kappa shape index (κ3) is 3.80. The zero-order valence-electron chi connectivity index (χ0n) is 10.4. The van der Waals surface area contributed by atoms with Gasteiger partial charge in [0.2, 0.25) is 10.0 Å². The van der Waals surface area contributed by atoms with Gasteiger partial charge >= 0.3 is 0 Å². The minimum absolute atomic E-state index is 0.0313. The van der Waals surface area contributed by atoms with Crippen LogP contribution in [0, 0.1) is 13.8 Å². The lowest BCUT2D eigenvalue weighted by molar-refractivity contribution is 0.275. The van der Waals surface area contributed by atoms with Crippen LogP contribution in [0.5, 0.6) is 0 Å². The molecule has 1 unspecified atom stereocenters. The zero-order chi connectivity index (χ0) is 13.1. The standard InChI is InChI=1S/C12H19NO3S/c1-9-4-5-10(2)12(8-9)17(15,16)13-11(3)6-7-14/h4-5,8,11,13-14H,6-7H2,1-3H3. The smallest absolute Gasteiger partial charge is 0.241 e. The molecule has 0 aromatic heterocycles. The van der Waals surface area contributed by atoms with Crippen molar-refractivity contribution in [1.82, 2.24) is 4.72 Å². The molecule has 0 bridgehead atoms. The molecule has 0 aliphatic heterocycles. The Balaban J connectivity index is 3.01. The van der Waals surface area contributed by atoms with Crippen molar-refractivity contribution in [2.24, 2.45) is 0 Å². The Morgan fingerprint density at radius 3 is 2.59 bits per heavy atom. The van der Waals surface area contributed by atoms with Crippen molar-refractivity contribution in [2.75, 3.05) is 6.61 Å². The Morgan fingerprint density at radius 1 is 1.35 bits per heavy atom. The van der Waals surface area contributed by atoms with Crippen LogP contribution in [0.1, 0.15) is 24.5 Å². The molecule has 5 heteroatoms. The van der Waals surface area contributed by atoms with Crippen LogP contribution in [0.2, 0.25) is 0 Å². The molecule has 0 spiro atoms. The van der Waals surface area contributed by atoms with E-state index in [2.05, 4.69) is 4.72 Å². The summed E-state index contributed by atoms with van der Waals surface area (Å²) in [6.45, 7) is 5.33. The number of nitrogens with one attached hydrogen (secondary N) is 1. The maximum atomic E-state index is 12.1. The molecule has 0 fully saturated rings. The molecule has 1 aromatic rings. The van der Waals surface area contributed by atoms with Crippen LogP contribution < -0.4 is 4.72 Å². The molecule has 4 nitrogen and oxygen atoms in total. The van der Waals surface area contributed by atoms with Crippen LogP contribution in [-0.2, 0) is 10.0 Å². The number of hydrogen-bond donors (Lipinski definition) is 2. The van der Waals surface area contributed by atoms with Crippen LogP contribution >= 0.6 is 0 Å². The van der Waals surface area contributed by atoms with E-state index in [0.29, 0.717) is 11.3 Å². The highest BCUT2D eigenvalue weighted by molar-refractivity contribution is 7.89. The van der Waals surface area contributed by atoms with Gasteiger partial charge in [0.1, 0.15) is 0 Å². The van der Waals surface area contributed by atoms with Gasteiger partial charge in [0, 0.05) is 12.6 Å². The van der Waals surface area contributed by atoms with Crippen LogP contribution in [0.4, 0.5) is 0 Å². The molecule has 17 heavy (non-hydrogen) atoms. The van der Waals surface area contributed by atoms with Gasteiger partial charge < -0.3 is 5.11 Å². The van der Waals surface area contributed by atoms with E-state index in [-0.39, 0.29) is 12.6 Å². The van der Waals surface area contributed by atoms with Gasteiger partial charge in [0.15, 0.2) is 0 Å². The van der Waals surface area contributed by atoms with E-state index < -0.39 is 10.0 Å². The maximum absolute atomic E-state index is 12.1. The van der Waals surface area contributed by atoms with Crippen molar-refractivity contribution in [1.29, 1.82) is 0 Å². The summed E-state index contributed by atoms with van der Waals surface area (Å²) in [6, 6.07) is 5.06. The first-order valence-corrected chi connectivity index (χ1v) is 7.05. The highest BCUT2D eigenvalue weighted by Crippen LogP contribution is 2.17. The molecule has 0 aliphatic rings. The molecule has 0 radical (unpaired) electrons. The van der Waals surface area contributed by atoms with Gasteiger partial charge in [-0.3, -0.25) is 0 Å². The normalized spacial score (nSPS) is 13.6. The van der Waals surface area contributed by atoms with Gasteiger partial charge in [-0.1, -0.05) is 12.1 Å². The molecule has 0 amide bonds. The van der Waals surface area contributed by atoms with Crippen molar-refractivity contribution in [2.45, 2.75) is 38.1 Å². The molecular formula is C12H19NO3S. The number of aliphatic hydroxyl groups is 1. The number of sulfonamides is 1. The van der Waals surface area contributed by atoms with Crippen LogP contribution in [0.3, 0.4) is 0 Å². The van der Waals surface area contributed by atoms with Crippen molar-refractivity contribution in [3.8, 4) is 0 Å². The monoisotopic (exact) mass is 257 g/mol. The molecular weight excluding hydrogens is 238 g/mol. The van der Waals surface area contributed by atoms with E-state index in [4.69, 9.17) is 5.11 Å². The highest BCUT2D eigenvalue weighted by atomic mass is 32.2. The summed E-state index contributed by atoms with van der Waals surface area (Å²) in [6.07, 6.45) is 0.407. The fraction of sp³-hybridized carbons (Fsp3) is 0.500. The third-order valence-electron chi connectivity index (χ3n) is 2.55. The van der Waals surface area contributed by atoms with Crippen molar-refractivity contribution in [3.05, 3.63) is 29.3 Å². The first-order valence-electron chi connectivity index (χ1n) is 5.57. The van der Waals surface area contributed by atoms with Crippen molar-refractivity contribution < 1.29 is 13.5 Å². The van der Waals surface area contributed by atoms with Crippen LogP contribution in [0.25, 0.3) is 0 Å². The predicted octanol–water partition coefficient (Wildman–Crippen LogP) is 1.35. The number of hydrogen-bond acceptors (Lipinski definition) is 3. The SMILES string of the molecule is Cc1ccc(C)c(S(=O)(=O)NC(C)CCO)c1. The summed E-state index contributed by atoms with van der Waals surface area (Å²) in [5, 5.41) is 8.77. The molecule has 0 heterocycles. The van der Waals surface area contributed by atoms with Crippen LogP contribution in [0.15, 0.2) is 23.1 Å². The largest absolute Gasteiger partial charge is 0.396 e. The summed E-state index contributed by atoms with van der Waals surface area (Å²) in [4.78, 5) is 0.308. The van der Waals surface area contributed by atoms with Gasteiger partial charge in [-0.2, -0.15) is 0 Å². The summed E-state index contributed by atoms with van der Waals surface area (Å²) in [5.41, 5.74) is 1.63. The molecule has 0 aliphatic carbocycles. The topological polar surface area (TPSA) is 66.4 Å². The Labute approximate surface area is 103 Å². The number of benzene rings is 1. The van der Waals surface area contributed by atoms with E-state index in [9.17, 15) is 8.42 Å². The fourth-order valence-corrected chi connectivity index (χ4v) is 3.19. The molecule has 1 rings (SSSR count). The Hall–Kier alpha value is -0.910. The van der Waals surface area contributed by atoms with E-state index in [1.54, 1.807) is 26.0 Å². The van der Waals surface area contributed by atoms with Crippen LogP contribution in [-0.4, -0.2) is 26.2 Å². The molecule has 0 saturated heterocycles. The Morgan fingerprint density at radius 2 is 2.00 bits per heavy atom. The second-order valence-corrected chi connectivity index (χ2v) is 5.99. The van der Waals surface area contributed by atoms with E-state index >= 15 is 0 Å². The van der Waals surface area contributed by atoms with Gasteiger partial charge in [-0.05, 0) is 44.4 Å². The Bertz CT molecular complexity index is 483. The molecule has 96 valence electrons. The second-order valence-electron chi connectivity index (χ2n) is 4.30. The summed E-state index contributed by atoms with van der Waals surface area (Å²) < 4.78 is 26.7. The number of aryl methyl sites for hydroxylation is 2. The molecule has 0 saturated carbocycles. The minimum Gasteiger partial charge on any atom is -0.396 e. The average Bonchev–Trinajstić information content (AvgIpc) is 2.21. The maximum Gasteiger partial charge on any atom is 0.241 e. The first kappa shape index (κ1) is 14.2. The molecule has 1 atom stereocenters. The van der Waals surface area contributed by atoms with Gasteiger partial charge in [0.25, 0.3) is 0 Å². The number of rotatable bonds is 5. The highest BCUT2D eigenvalue weighted by Gasteiger charge is 2.19. The fourth-order valence-electron chi connectivity index (χ4n) is 1.58. The number of aliphatic hydroxyl groups excluding tert-OH is 1. The lowest BCUT2D eigenvalue weighted by atomic mass is 10.2. The van der Waals surface area contributed by atoms with E-state index in [1.165, 1.54) is 0 Å². The third-order valence-corrected chi connectivity index (χ3v) is 4.28. The van der Waals surface area contributed by atoms with Gasteiger partial charge in [-0.15, -0.1) is 0 Å². The summed E-state index contributed by atoms with van der Waals surface area (Å²) in [7, 11) is -3.50. The lowest BCUT2D eigenvalue weighted by Gasteiger charge is -2.14. The second kappa shape index (κ2) is 5.62. The summed E-state index contributed by atoms with van der Waals surface area (Å²) in [5.74, 6) is 0. The minimum atomic E-state index is -3.50. The molecule has 2 N–H and O–H groups in total. The van der Waals surface area contributed by atoms with E-state index in [1.807, 2.05) is 13.0 Å². The Kier molecular flexibility index (Phi) is 4.68. The predicted molar refractivity (Wildman–Crippen MR) is 67.4 cm³/mol. The average molecular weight is 257 g/mol. The van der Waals surface area contributed by atoms with Crippen molar-refractivity contribution in [3.63, 3.8) is 0 Å². The lowest BCUT2D eigenvalue weighted by Crippen LogP contribution is -2.33. The van der Waals surface area contributed by atoms with Gasteiger partial charge in [0.05, 0.1) is 4.90 Å². The first-order chi connectivity index (χ1) is 7.86.